The number of hydrogen-bond donors (Lipinski definition) is 0. The van der Waals surface area contributed by atoms with Gasteiger partial charge in [-0.15, -0.1) is 0 Å². The first-order valence-corrected chi connectivity index (χ1v) is 24.6. The maximum atomic E-state index is 2.43. The van der Waals surface area contributed by atoms with Crippen LogP contribution in [0.5, 0.6) is 0 Å². The van der Waals surface area contributed by atoms with Gasteiger partial charge in [-0.1, -0.05) is 230 Å². The van der Waals surface area contributed by atoms with E-state index in [1.165, 1.54) is 138 Å². The Hall–Kier alpha value is -9.04. The first kappa shape index (κ1) is 42.1. The van der Waals surface area contributed by atoms with E-state index in [0.29, 0.717) is 0 Å². The lowest BCUT2D eigenvalue weighted by atomic mass is 9.83. The molecule has 0 aliphatic rings. The summed E-state index contributed by atoms with van der Waals surface area (Å²) in [5.41, 5.74) is 23.0. The highest BCUT2D eigenvalue weighted by molar-refractivity contribution is 6.22. The molecule has 334 valence electrons. The molecule has 12 aromatic carbocycles. The Morgan fingerprint density at radius 1 is 0.211 bits per heavy atom. The summed E-state index contributed by atoms with van der Waals surface area (Å²) in [6, 6.07) is 96.5. The summed E-state index contributed by atoms with van der Waals surface area (Å²) in [7, 11) is 0. The molecule has 1 heterocycles. The van der Waals surface area contributed by atoms with Crippen molar-refractivity contribution in [3.05, 3.63) is 272 Å². The van der Waals surface area contributed by atoms with Gasteiger partial charge in [0, 0.05) is 16.5 Å². The highest BCUT2D eigenvalue weighted by Crippen LogP contribution is 2.47. The minimum absolute atomic E-state index is 1.17. The molecule has 0 fully saturated rings. The highest BCUT2D eigenvalue weighted by Gasteiger charge is 2.20. The van der Waals surface area contributed by atoms with Crippen molar-refractivity contribution in [2.75, 3.05) is 0 Å². The molecule has 0 saturated heterocycles. The zero-order valence-electron chi connectivity index (χ0n) is 39.8. The number of para-hydroxylation sites is 2. The van der Waals surface area contributed by atoms with E-state index in [-0.39, 0.29) is 0 Å². The average molecular weight is 904 g/mol. The zero-order chi connectivity index (χ0) is 47.4. The van der Waals surface area contributed by atoms with Crippen LogP contribution >= 0.6 is 0 Å². The van der Waals surface area contributed by atoms with Crippen LogP contribution in [0.1, 0.15) is 11.1 Å². The Morgan fingerprint density at radius 3 is 1.01 bits per heavy atom. The second-order valence-electron chi connectivity index (χ2n) is 19.0. The van der Waals surface area contributed by atoms with Crippen LogP contribution in [-0.2, 0) is 0 Å². The van der Waals surface area contributed by atoms with E-state index in [1.807, 2.05) is 0 Å². The van der Waals surface area contributed by atoms with Crippen LogP contribution in [-0.4, -0.2) is 4.57 Å². The first-order chi connectivity index (χ1) is 35.0. The van der Waals surface area contributed by atoms with E-state index in [4.69, 9.17) is 0 Å². The van der Waals surface area contributed by atoms with E-state index < -0.39 is 0 Å². The number of fused-ring (bicyclic) bond motifs is 5. The predicted molar refractivity (Wildman–Crippen MR) is 303 cm³/mol. The van der Waals surface area contributed by atoms with Gasteiger partial charge in [-0.2, -0.15) is 0 Å². The highest BCUT2D eigenvalue weighted by atomic mass is 15.0. The number of benzene rings is 12. The van der Waals surface area contributed by atoms with Crippen LogP contribution in [0.4, 0.5) is 0 Å². The lowest BCUT2D eigenvalue weighted by Gasteiger charge is -2.20. The molecule has 1 nitrogen and oxygen atoms in total. The van der Waals surface area contributed by atoms with E-state index in [9.17, 15) is 0 Å². The third-order valence-electron chi connectivity index (χ3n) is 14.6. The van der Waals surface area contributed by atoms with Gasteiger partial charge in [-0.3, -0.25) is 0 Å². The molecular formula is C70H49N. The fourth-order valence-electron chi connectivity index (χ4n) is 10.9. The van der Waals surface area contributed by atoms with Gasteiger partial charge < -0.3 is 4.57 Å². The largest absolute Gasteiger partial charge is 0.309 e. The summed E-state index contributed by atoms with van der Waals surface area (Å²) in [5, 5.41) is 7.43. The van der Waals surface area contributed by atoms with E-state index >= 15 is 0 Å². The molecule has 0 saturated carbocycles. The van der Waals surface area contributed by atoms with Crippen LogP contribution < -0.4 is 0 Å². The van der Waals surface area contributed by atoms with Gasteiger partial charge in [0.25, 0.3) is 0 Å². The molecule has 1 aromatic heterocycles. The van der Waals surface area contributed by atoms with Crippen LogP contribution in [0.3, 0.4) is 0 Å². The molecule has 0 N–H and O–H groups in total. The Labute approximate surface area is 415 Å². The minimum Gasteiger partial charge on any atom is -0.309 e. The molecule has 13 rings (SSSR count). The molecule has 0 bridgehead atoms. The van der Waals surface area contributed by atoms with Crippen molar-refractivity contribution in [1.29, 1.82) is 0 Å². The molecule has 71 heavy (non-hydrogen) atoms. The van der Waals surface area contributed by atoms with Gasteiger partial charge in [0.15, 0.2) is 0 Å². The van der Waals surface area contributed by atoms with Gasteiger partial charge >= 0.3 is 0 Å². The molecule has 0 radical (unpaired) electrons. The van der Waals surface area contributed by atoms with Crippen LogP contribution in [0.2, 0.25) is 0 Å². The van der Waals surface area contributed by atoms with Crippen molar-refractivity contribution >= 4 is 43.4 Å². The van der Waals surface area contributed by atoms with Crippen molar-refractivity contribution in [2.24, 2.45) is 0 Å². The van der Waals surface area contributed by atoms with Crippen molar-refractivity contribution in [1.82, 2.24) is 4.57 Å². The summed E-state index contributed by atoms with van der Waals surface area (Å²) in [4.78, 5) is 0. The fourth-order valence-corrected chi connectivity index (χ4v) is 10.9. The summed E-state index contributed by atoms with van der Waals surface area (Å²) in [6.45, 7) is 4.31. The molecule has 0 aliphatic heterocycles. The normalized spacial score (nSPS) is 11.5. The number of rotatable bonds is 8. The van der Waals surface area contributed by atoms with Gasteiger partial charge in [0.05, 0.1) is 11.0 Å². The monoisotopic (exact) mass is 903 g/mol. The van der Waals surface area contributed by atoms with Crippen LogP contribution in [0, 0.1) is 13.8 Å². The summed E-state index contributed by atoms with van der Waals surface area (Å²) in [6.07, 6.45) is 0. The van der Waals surface area contributed by atoms with Crippen molar-refractivity contribution in [3.8, 4) is 83.6 Å². The van der Waals surface area contributed by atoms with Gasteiger partial charge in [-0.05, 0) is 156 Å². The Kier molecular flexibility index (Phi) is 10.4. The Morgan fingerprint density at radius 2 is 0.535 bits per heavy atom. The SMILES string of the molecule is Cc1ccc(-c2ccc3c(-c4ccc(-c5ccc6c(c5)c5ccccc5n6-c5ccccc5)cc4)c4cc(-c5ccc(C)cc5)ccc4c(-c4ccc(-c5ccc(-c6ccccc6)cc5)cc4)c3c2)cc1. The maximum absolute atomic E-state index is 2.43. The van der Waals surface area contributed by atoms with Gasteiger partial charge in [-0.25, -0.2) is 0 Å². The lowest BCUT2D eigenvalue weighted by Crippen LogP contribution is -1.93. The molecule has 0 aliphatic carbocycles. The summed E-state index contributed by atoms with van der Waals surface area (Å²) >= 11 is 0. The zero-order valence-corrected chi connectivity index (χ0v) is 39.8. The van der Waals surface area contributed by atoms with E-state index in [2.05, 4.69) is 279 Å². The molecule has 0 unspecified atom stereocenters. The molecular weight excluding hydrogens is 855 g/mol. The van der Waals surface area contributed by atoms with Gasteiger partial charge in [0.2, 0.25) is 0 Å². The average Bonchev–Trinajstić information content (AvgIpc) is 3.77. The summed E-state index contributed by atoms with van der Waals surface area (Å²) < 4.78 is 2.38. The smallest absolute Gasteiger partial charge is 0.0541 e. The summed E-state index contributed by atoms with van der Waals surface area (Å²) in [5.74, 6) is 0. The van der Waals surface area contributed by atoms with Crippen molar-refractivity contribution < 1.29 is 0 Å². The Bertz CT molecular complexity index is 4090. The second-order valence-corrected chi connectivity index (χ2v) is 19.0. The number of aryl methyl sites for hydroxylation is 2. The fraction of sp³-hybridized carbons (Fsp3) is 0.0286. The quantitative estimate of drug-likeness (QED) is 0.134. The van der Waals surface area contributed by atoms with Crippen LogP contribution in [0.25, 0.3) is 127 Å². The van der Waals surface area contributed by atoms with E-state index in [1.54, 1.807) is 0 Å². The number of hydrogen-bond acceptors (Lipinski definition) is 0. The molecule has 1 heteroatoms. The van der Waals surface area contributed by atoms with Gasteiger partial charge in [0.1, 0.15) is 0 Å². The van der Waals surface area contributed by atoms with E-state index in [0.717, 1.165) is 0 Å². The predicted octanol–water partition coefficient (Wildman–Crippen LogP) is 19.4. The third kappa shape index (κ3) is 7.60. The number of nitrogens with zero attached hydrogens (tertiary/aromatic N) is 1. The standard InChI is InChI=1S/C70H49N/c1-46-17-21-52(22-18-46)57-38-41-63-65(44-57)69(55-33-29-51(30-34-55)50-27-25-49(26-28-50)48-11-5-3-6-12-48)62-40-37-58(53-23-19-47(2)20-24-53)45-66(62)70(63)56-35-31-54(32-36-56)59-39-42-68-64(43-59)61-15-9-10-16-67(61)71(68)60-13-7-4-8-14-60/h3-45H,1-2H3. The lowest BCUT2D eigenvalue weighted by molar-refractivity contribution is 1.18. The molecule has 13 aromatic rings. The van der Waals surface area contributed by atoms with Crippen molar-refractivity contribution in [2.45, 2.75) is 13.8 Å². The van der Waals surface area contributed by atoms with Crippen molar-refractivity contribution in [3.63, 3.8) is 0 Å². The first-order valence-electron chi connectivity index (χ1n) is 24.6. The van der Waals surface area contributed by atoms with Crippen LogP contribution in [0.15, 0.2) is 261 Å². The number of aromatic nitrogens is 1. The molecule has 0 amide bonds. The Balaban J connectivity index is 0.983. The second kappa shape index (κ2) is 17.5. The molecule has 0 atom stereocenters. The minimum atomic E-state index is 1.17. The third-order valence-corrected chi connectivity index (χ3v) is 14.6. The topological polar surface area (TPSA) is 4.93 Å². The molecule has 0 spiro atoms. The maximum Gasteiger partial charge on any atom is 0.0541 e.